The first-order valence-electron chi connectivity index (χ1n) is 9.12. The molecule has 5 nitrogen and oxygen atoms in total. The second-order valence-electron chi connectivity index (χ2n) is 6.85. The maximum absolute atomic E-state index is 12.9. The first-order chi connectivity index (χ1) is 14.2. The molecule has 0 saturated heterocycles. The number of nitrogens with one attached hydrogen (secondary N) is 1. The van der Waals surface area contributed by atoms with Crippen LogP contribution in [0.1, 0.15) is 18.1 Å². The van der Waals surface area contributed by atoms with Gasteiger partial charge in [-0.3, -0.25) is 9.20 Å². The van der Waals surface area contributed by atoms with E-state index in [4.69, 9.17) is 0 Å². The van der Waals surface area contributed by atoms with Crippen LogP contribution in [-0.4, -0.2) is 25.8 Å². The number of aromatic nitrogens is 3. The van der Waals surface area contributed by atoms with Gasteiger partial charge in [0, 0.05) is 11.1 Å². The van der Waals surface area contributed by atoms with Gasteiger partial charge in [-0.1, -0.05) is 36.0 Å². The van der Waals surface area contributed by atoms with Gasteiger partial charge >= 0.3 is 6.18 Å². The molecule has 4 aromatic rings. The number of carbonyl (C=O) groups excluding carboxylic acids is 1. The summed E-state index contributed by atoms with van der Waals surface area (Å²) in [6, 6.07) is 14.3. The SMILES string of the molecule is Cc1cc2nnc(SC(C)C(=O)Nc3cccc(C(F)(F)F)c3)n2c2ccccc12. The highest BCUT2D eigenvalue weighted by Crippen LogP contribution is 2.31. The summed E-state index contributed by atoms with van der Waals surface area (Å²) in [7, 11) is 0. The first kappa shape index (κ1) is 20.2. The zero-order valence-electron chi connectivity index (χ0n) is 16.1. The predicted molar refractivity (Wildman–Crippen MR) is 111 cm³/mol. The molecule has 1 N–H and O–H groups in total. The van der Waals surface area contributed by atoms with E-state index in [1.54, 1.807) is 6.92 Å². The number of aryl methyl sites for hydroxylation is 1. The molecule has 0 aliphatic carbocycles. The van der Waals surface area contributed by atoms with Gasteiger partial charge in [-0.25, -0.2) is 0 Å². The van der Waals surface area contributed by atoms with Crippen molar-refractivity contribution >= 4 is 39.9 Å². The average Bonchev–Trinajstić information content (AvgIpc) is 3.10. The molecule has 4 rings (SSSR count). The molecule has 2 aromatic heterocycles. The first-order valence-corrected chi connectivity index (χ1v) is 10.0. The molecule has 2 heterocycles. The smallest absolute Gasteiger partial charge is 0.325 e. The normalized spacial score (nSPS) is 13.0. The van der Waals surface area contributed by atoms with E-state index in [-0.39, 0.29) is 5.69 Å². The summed E-state index contributed by atoms with van der Waals surface area (Å²) in [6.07, 6.45) is -4.47. The van der Waals surface area contributed by atoms with E-state index < -0.39 is 22.9 Å². The van der Waals surface area contributed by atoms with Gasteiger partial charge in [0.15, 0.2) is 10.8 Å². The van der Waals surface area contributed by atoms with Gasteiger partial charge in [-0.05, 0) is 49.7 Å². The molecule has 154 valence electrons. The number of alkyl halides is 3. The van der Waals surface area contributed by atoms with Gasteiger partial charge in [0.25, 0.3) is 0 Å². The molecule has 0 radical (unpaired) electrons. The minimum Gasteiger partial charge on any atom is -0.325 e. The number of thioether (sulfide) groups is 1. The minimum absolute atomic E-state index is 0.0921. The number of fused-ring (bicyclic) bond motifs is 3. The second kappa shape index (κ2) is 7.64. The van der Waals surface area contributed by atoms with Gasteiger partial charge in [-0.2, -0.15) is 13.2 Å². The third-order valence-electron chi connectivity index (χ3n) is 4.68. The van der Waals surface area contributed by atoms with Crippen molar-refractivity contribution in [3.63, 3.8) is 0 Å². The number of amides is 1. The number of nitrogens with zero attached hydrogens (tertiary/aromatic N) is 3. The minimum atomic E-state index is -4.47. The molecule has 30 heavy (non-hydrogen) atoms. The van der Waals surface area contributed by atoms with Crippen LogP contribution in [0, 0.1) is 6.92 Å². The second-order valence-corrected chi connectivity index (χ2v) is 8.16. The topological polar surface area (TPSA) is 59.3 Å². The number of pyridine rings is 1. The fraction of sp³-hybridized carbons (Fsp3) is 0.190. The van der Waals surface area contributed by atoms with Crippen molar-refractivity contribution < 1.29 is 18.0 Å². The number of anilines is 1. The van der Waals surface area contributed by atoms with Crippen LogP contribution in [0.5, 0.6) is 0 Å². The summed E-state index contributed by atoms with van der Waals surface area (Å²) in [6.45, 7) is 3.67. The molecule has 1 unspecified atom stereocenters. The lowest BCUT2D eigenvalue weighted by Crippen LogP contribution is -2.23. The van der Waals surface area contributed by atoms with Gasteiger partial charge in [-0.15, -0.1) is 10.2 Å². The molecule has 9 heteroatoms. The number of hydrogen-bond donors (Lipinski definition) is 1. The fourth-order valence-corrected chi connectivity index (χ4v) is 4.05. The van der Waals surface area contributed by atoms with Gasteiger partial charge in [0.2, 0.25) is 5.91 Å². The molecule has 0 fully saturated rings. The molecule has 0 spiro atoms. The van der Waals surface area contributed by atoms with Gasteiger partial charge < -0.3 is 5.32 Å². The van der Waals surface area contributed by atoms with E-state index in [2.05, 4.69) is 15.5 Å². The van der Waals surface area contributed by atoms with Crippen molar-refractivity contribution in [2.75, 3.05) is 5.32 Å². The molecule has 2 aromatic carbocycles. The van der Waals surface area contributed by atoms with Crippen molar-refractivity contribution in [2.45, 2.75) is 30.4 Å². The summed E-state index contributed by atoms with van der Waals surface area (Å²) in [4.78, 5) is 12.6. The molecule has 0 aliphatic rings. The van der Waals surface area contributed by atoms with E-state index in [0.29, 0.717) is 10.8 Å². The van der Waals surface area contributed by atoms with E-state index in [1.807, 2.05) is 41.7 Å². The fourth-order valence-electron chi connectivity index (χ4n) is 3.18. The highest BCUT2D eigenvalue weighted by Gasteiger charge is 2.30. The number of rotatable bonds is 4. The van der Waals surface area contributed by atoms with Crippen molar-refractivity contribution in [2.24, 2.45) is 0 Å². The number of benzene rings is 2. The lowest BCUT2D eigenvalue weighted by molar-refractivity contribution is -0.137. The molecule has 1 atom stereocenters. The molecular formula is C21H17F3N4OS. The van der Waals surface area contributed by atoms with Crippen LogP contribution < -0.4 is 5.32 Å². The number of halogens is 3. The summed E-state index contributed by atoms with van der Waals surface area (Å²) in [5.41, 5.74) is 1.93. The van der Waals surface area contributed by atoms with Crippen LogP contribution >= 0.6 is 11.8 Å². The van der Waals surface area contributed by atoms with Crippen LogP contribution in [0.3, 0.4) is 0 Å². The highest BCUT2D eigenvalue weighted by atomic mass is 32.2. The third-order valence-corrected chi connectivity index (χ3v) is 5.73. The Bertz CT molecular complexity index is 1250. The molecule has 1 amide bonds. The van der Waals surface area contributed by atoms with Crippen molar-refractivity contribution in [1.29, 1.82) is 0 Å². The van der Waals surface area contributed by atoms with Crippen molar-refractivity contribution in [3.05, 3.63) is 65.7 Å². The number of para-hydroxylation sites is 1. The van der Waals surface area contributed by atoms with Crippen molar-refractivity contribution in [3.8, 4) is 0 Å². The Balaban J connectivity index is 1.59. The zero-order valence-corrected chi connectivity index (χ0v) is 16.9. The van der Waals surface area contributed by atoms with E-state index in [9.17, 15) is 18.0 Å². The van der Waals surface area contributed by atoms with Crippen LogP contribution in [0.4, 0.5) is 18.9 Å². The third kappa shape index (κ3) is 3.85. The Morgan fingerprint density at radius 1 is 1.10 bits per heavy atom. The lowest BCUT2D eigenvalue weighted by atomic mass is 10.1. The molecule has 0 saturated carbocycles. The Labute approximate surface area is 174 Å². The van der Waals surface area contributed by atoms with Crippen molar-refractivity contribution in [1.82, 2.24) is 14.6 Å². The molecule has 0 aliphatic heterocycles. The molecule has 0 bridgehead atoms. The Kier molecular flexibility index (Phi) is 5.15. The maximum atomic E-state index is 12.9. The number of carbonyl (C=O) groups is 1. The largest absolute Gasteiger partial charge is 0.416 e. The van der Waals surface area contributed by atoms with E-state index >= 15 is 0 Å². The highest BCUT2D eigenvalue weighted by molar-refractivity contribution is 8.00. The quantitative estimate of drug-likeness (QED) is 0.445. The summed E-state index contributed by atoms with van der Waals surface area (Å²) >= 11 is 1.19. The average molecular weight is 430 g/mol. The maximum Gasteiger partial charge on any atom is 0.416 e. The zero-order chi connectivity index (χ0) is 21.5. The molecular weight excluding hydrogens is 413 g/mol. The predicted octanol–water partition coefficient (Wildman–Crippen LogP) is 5.33. The Morgan fingerprint density at radius 2 is 1.87 bits per heavy atom. The van der Waals surface area contributed by atoms with Crippen LogP contribution in [-0.2, 0) is 11.0 Å². The standard InChI is InChI=1S/C21H17F3N4OS/c1-12-10-18-26-27-20(28(18)17-9-4-3-8-16(12)17)30-13(2)19(29)25-15-7-5-6-14(11-15)21(22,23)24/h3-11,13H,1-2H3,(H,25,29). The Hall–Kier alpha value is -3.07. The van der Waals surface area contributed by atoms with Gasteiger partial charge in [0.05, 0.1) is 16.3 Å². The van der Waals surface area contributed by atoms with E-state index in [1.165, 1.54) is 23.9 Å². The summed E-state index contributed by atoms with van der Waals surface area (Å²) in [5, 5.41) is 11.9. The monoisotopic (exact) mass is 430 g/mol. The summed E-state index contributed by atoms with van der Waals surface area (Å²) < 4.78 is 40.5. The van der Waals surface area contributed by atoms with Gasteiger partial charge in [0.1, 0.15) is 0 Å². The lowest BCUT2D eigenvalue weighted by Gasteiger charge is -2.13. The number of hydrogen-bond acceptors (Lipinski definition) is 4. The van der Waals surface area contributed by atoms with E-state index in [0.717, 1.165) is 28.6 Å². The van der Waals surface area contributed by atoms with Crippen LogP contribution in [0.2, 0.25) is 0 Å². The van der Waals surface area contributed by atoms with Crippen LogP contribution in [0.15, 0.2) is 59.8 Å². The summed E-state index contributed by atoms with van der Waals surface area (Å²) in [5.74, 6) is -0.424. The Morgan fingerprint density at radius 3 is 2.63 bits per heavy atom. The van der Waals surface area contributed by atoms with Crippen LogP contribution in [0.25, 0.3) is 16.6 Å².